The van der Waals surface area contributed by atoms with Gasteiger partial charge in [-0.05, 0) is 26.0 Å². The third-order valence-electron chi connectivity index (χ3n) is 2.47. The molecular weight excluding hydrogens is 216 g/mol. The van der Waals surface area contributed by atoms with Gasteiger partial charge in [0.15, 0.2) is 0 Å². The number of hydrogen-bond donors (Lipinski definition) is 1. The van der Waals surface area contributed by atoms with Gasteiger partial charge < -0.3 is 10.5 Å². The molecule has 5 nitrogen and oxygen atoms in total. The minimum Gasteiger partial charge on any atom is -0.497 e. The Hall–Kier alpha value is -1.88. The Morgan fingerprint density at radius 2 is 2.12 bits per heavy atom. The maximum atomic E-state index is 5.96. The van der Waals surface area contributed by atoms with Crippen LogP contribution in [-0.2, 0) is 5.54 Å². The minimum atomic E-state index is -0.489. The lowest BCUT2D eigenvalue weighted by atomic mass is 10.0. The van der Waals surface area contributed by atoms with Crippen molar-refractivity contribution in [2.24, 2.45) is 5.73 Å². The van der Waals surface area contributed by atoms with Crippen LogP contribution in [0.2, 0.25) is 0 Å². The predicted octanol–water partition coefficient (Wildman–Crippen LogP) is 1.47. The highest BCUT2D eigenvalue weighted by Crippen LogP contribution is 2.18. The lowest BCUT2D eigenvalue weighted by Crippen LogP contribution is -2.29. The average Bonchev–Trinajstić information content (AvgIpc) is 2.78. The largest absolute Gasteiger partial charge is 0.497 e. The van der Waals surface area contributed by atoms with Crippen molar-refractivity contribution in [2.75, 3.05) is 7.11 Å². The van der Waals surface area contributed by atoms with Gasteiger partial charge in [-0.1, -0.05) is 11.3 Å². The Bertz CT molecular complexity index is 513. The minimum absolute atomic E-state index is 0.489. The van der Waals surface area contributed by atoms with Crippen LogP contribution < -0.4 is 10.5 Å². The third kappa shape index (κ3) is 2.45. The van der Waals surface area contributed by atoms with Crippen LogP contribution in [0.3, 0.4) is 0 Å². The van der Waals surface area contributed by atoms with Gasteiger partial charge in [0.05, 0.1) is 24.5 Å². The van der Waals surface area contributed by atoms with Crippen molar-refractivity contribution < 1.29 is 4.74 Å². The summed E-state index contributed by atoms with van der Waals surface area (Å²) in [6.07, 6.45) is 1.83. The summed E-state index contributed by atoms with van der Waals surface area (Å²) in [5, 5.41) is 8.13. The maximum absolute atomic E-state index is 5.96. The van der Waals surface area contributed by atoms with Crippen molar-refractivity contribution in [3.8, 4) is 11.4 Å². The Labute approximate surface area is 100 Å². The topological polar surface area (TPSA) is 66.0 Å². The number of ether oxygens (including phenoxy) is 1. The predicted molar refractivity (Wildman–Crippen MR) is 65.1 cm³/mol. The monoisotopic (exact) mass is 232 g/mol. The second-order valence-electron chi connectivity index (χ2n) is 4.47. The first-order valence-electron chi connectivity index (χ1n) is 5.37. The molecule has 0 aliphatic heterocycles. The van der Waals surface area contributed by atoms with E-state index in [-0.39, 0.29) is 0 Å². The summed E-state index contributed by atoms with van der Waals surface area (Å²) < 4.78 is 6.85. The van der Waals surface area contributed by atoms with Crippen molar-refractivity contribution >= 4 is 0 Å². The molecule has 1 heterocycles. The SMILES string of the molecule is COc1cccc(-n2cc(C(C)(C)N)nn2)c1. The van der Waals surface area contributed by atoms with Gasteiger partial charge in [-0.3, -0.25) is 0 Å². The van der Waals surface area contributed by atoms with Crippen LogP contribution in [0.1, 0.15) is 19.5 Å². The number of methoxy groups -OCH3 is 1. The zero-order chi connectivity index (χ0) is 12.5. The highest BCUT2D eigenvalue weighted by atomic mass is 16.5. The van der Waals surface area contributed by atoms with Gasteiger partial charge in [-0.15, -0.1) is 5.10 Å². The third-order valence-corrected chi connectivity index (χ3v) is 2.47. The number of benzene rings is 1. The average molecular weight is 232 g/mol. The van der Waals surface area contributed by atoms with Crippen LogP contribution in [0.5, 0.6) is 5.75 Å². The highest BCUT2D eigenvalue weighted by Gasteiger charge is 2.18. The maximum Gasteiger partial charge on any atom is 0.121 e. The van der Waals surface area contributed by atoms with Crippen molar-refractivity contribution in [3.05, 3.63) is 36.2 Å². The molecule has 0 unspecified atom stereocenters. The fourth-order valence-corrected chi connectivity index (χ4v) is 1.44. The summed E-state index contributed by atoms with van der Waals surface area (Å²) in [6.45, 7) is 3.79. The summed E-state index contributed by atoms with van der Waals surface area (Å²) in [6, 6.07) is 7.61. The van der Waals surface area contributed by atoms with E-state index in [1.807, 2.05) is 44.3 Å². The van der Waals surface area contributed by atoms with Gasteiger partial charge in [-0.25, -0.2) is 4.68 Å². The fourth-order valence-electron chi connectivity index (χ4n) is 1.44. The lowest BCUT2D eigenvalue weighted by molar-refractivity contribution is 0.414. The number of aromatic nitrogens is 3. The second kappa shape index (κ2) is 4.18. The van der Waals surface area contributed by atoms with Gasteiger partial charge in [0, 0.05) is 6.07 Å². The molecule has 0 bridgehead atoms. The molecule has 0 amide bonds. The van der Waals surface area contributed by atoms with E-state index < -0.39 is 5.54 Å². The van der Waals surface area contributed by atoms with Gasteiger partial charge in [0.2, 0.25) is 0 Å². The summed E-state index contributed by atoms with van der Waals surface area (Å²) in [5.41, 5.74) is 7.12. The molecule has 2 N–H and O–H groups in total. The lowest BCUT2D eigenvalue weighted by Gasteiger charge is -2.13. The van der Waals surface area contributed by atoms with E-state index in [4.69, 9.17) is 10.5 Å². The molecule has 2 rings (SSSR count). The van der Waals surface area contributed by atoms with E-state index in [1.54, 1.807) is 11.8 Å². The summed E-state index contributed by atoms with van der Waals surface area (Å²) in [7, 11) is 1.63. The zero-order valence-electron chi connectivity index (χ0n) is 10.2. The van der Waals surface area contributed by atoms with Crippen LogP contribution in [0, 0.1) is 0 Å². The van der Waals surface area contributed by atoms with E-state index in [2.05, 4.69) is 10.3 Å². The van der Waals surface area contributed by atoms with Crippen LogP contribution in [0.4, 0.5) is 0 Å². The van der Waals surface area contributed by atoms with Crippen LogP contribution >= 0.6 is 0 Å². The van der Waals surface area contributed by atoms with E-state index in [9.17, 15) is 0 Å². The number of hydrogen-bond acceptors (Lipinski definition) is 4. The quantitative estimate of drug-likeness (QED) is 0.870. The van der Waals surface area contributed by atoms with Crippen molar-refractivity contribution in [2.45, 2.75) is 19.4 Å². The smallest absolute Gasteiger partial charge is 0.121 e. The summed E-state index contributed by atoms with van der Waals surface area (Å²) in [5.74, 6) is 0.784. The second-order valence-corrected chi connectivity index (χ2v) is 4.47. The standard InChI is InChI=1S/C12H16N4O/c1-12(2,13)11-8-16(15-14-11)9-5-4-6-10(7-9)17-3/h4-8H,13H2,1-3H3. The molecule has 5 heteroatoms. The van der Waals surface area contributed by atoms with E-state index >= 15 is 0 Å². The van der Waals surface area contributed by atoms with Gasteiger partial charge in [0.25, 0.3) is 0 Å². The molecular formula is C12H16N4O. The van der Waals surface area contributed by atoms with Gasteiger partial charge in [0.1, 0.15) is 11.4 Å². The molecule has 0 spiro atoms. The molecule has 0 aliphatic carbocycles. The van der Waals surface area contributed by atoms with Gasteiger partial charge in [-0.2, -0.15) is 0 Å². The number of nitrogens with zero attached hydrogens (tertiary/aromatic N) is 3. The first-order valence-corrected chi connectivity index (χ1v) is 5.37. The van der Waals surface area contributed by atoms with Gasteiger partial charge >= 0.3 is 0 Å². The molecule has 0 saturated heterocycles. The van der Waals surface area contributed by atoms with E-state index in [0.29, 0.717) is 0 Å². The Morgan fingerprint density at radius 1 is 1.35 bits per heavy atom. The number of nitrogens with two attached hydrogens (primary N) is 1. The van der Waals surface area contributed by atoms with Crippen molar-refractivity contribution in [1.82, 2.24) is 15.0 Å². The molecule has 1 aromatic heterocycles. The molecule has 17 heavy (non-hydrogen) atoms. The first-order chi connectivity index (χ1) is 8.00. The summed E-state index contributed by atoms with van der Waals surface area (Å²) in [4.78, 5) is 0. The van der Waals surface area contributed by atoms with E-state index in [1.165, 1.54) is 0 Å². The number of rotatable bonds is 3. The van der Waals surface area contributed by atoms with E-state index in [0.717, 1.165) is 17.1 Å². The Kier molecular flexibility index (Phi) is 2.85. The zero-order valence-corrected chi connectivity index (χ0v) is 10.2. The highest BCUT2D eigenvalue weighted by molar-refractivity contribution is 5.38. The van der Waals surface area contributed by atoms with Crippen LogP contribution in [0.15, 0.2) is 30.5 Å². The van der Waals surface area contributed by atoms with Crippen molar-refractivity contribution in [1.29, 1.82) is 0 Å². The molecule has 0 saturated carbocycles. The normalized spacial score (nSPS) is 11.5. The van der Waals surface area contributed by atoms with Crippen LogP contribution in [-0.4, -0.2) is 22.1 Å². The van der Waals surface area contributed by atoms with Crippen LogP contribution in [0.25, 0.3) is 5.69 Å². The first kappa shape index (κ1) is 11.6. The molecule has 0 radical (unpaired) electrons. The molecule has 0 fully saturated rings. The molecule has 2 aromatic rings. The molecule has 0 aliphatic rings. The molecule has 90 valence electrons. The Balaban J connectivity index is 2.37. The fraction of sp³-hybridized carbons (Fsp3) is 0.333. The molecule has 1 aromatic carbocycles. The van der Waals surface area contributed by atoms with Crippen molar-refractivity contribution in [3.63, 3.8) is 0 Å². The summed E-state index contributed by atoms with van der Waals surface area (Å²) >= 11 is 0. The molecule has 0 atom stereocenters. The Morgan fingerprint density at radius 3 is 2.71 bits per heavy atom.